The predicted octanol–water partition coefficient (Wildman–Crippen LogP) is 3.77. The van der Waals surface area contributed by atoms with Gasteiger partial charge in [-0.15, -0.1) is 0 Å². The average Bonchev–Trinajstić information content (AvgIpc) is 3.09. The second-order valence-corrected chi connectivity index (χ2v) is 9.70. The molecule has 0 radical (unpaired) electrons. The quantitative estimate of drug-likeness (QED) is 0.836. The van der Waals surface area contributed by atoms with Crippen molar-refractivity contribution in [2.75, 3.05) is 12.3 Å². The summed E-state index contributed by atoms with van der Waals surface area (Å²) < 4.78 is 0. The smallest absolute Gasteiger partial charge is 0.168 e. The van der Waals surface area contributed by atoms with Crippen LogP contribution >= 0.6 is 23.5 Å². The fourth-order valence-corrected chi connectivity index (χ4v) is 5.42. The maximum absolute atomic E-state index is 5.00. The lowest BCUT2D eigenvalue weighted by molar-refractivity contribution is 0.251. The highest BCUT2D eigenvalue weighted by atomic mass is 32.2. The van der Waals surface area contributed by atoms with Crippen molar-refractivity contribution in [2.24, 2.45) is 21.8 Å². The van der Waals surface area contributed by atoms with Crippen molar-refractivity contribution in [2.45, 2.75) is 59.2 Å². The third kappa shape index (κ3) is 3.43. The molecule has 3 rings (SSSR count). The molecule has 0 aromatic carbocycles. The summed E-state index contributed by atoms with van der Waals surface area (Å²) in [5, 5.41) is 8.05. The van der Waals surface area contributed by atoms with Crippen LogP contribution in [0.25, 0.3) is 0 Å². The fraction of sp³-hybridized carbons (Fsp3) is 0.765. The summed E-state index contributed by atoms with van der Waals surface area (Å²) in [5.41, 5.74) is 1.49. The van der Waals surface area contributed by atoms with Gasteiger partial charge in [0.05, 0.1) is 24.2 Å². The van der Waals surface area contributed by atoms with Gasteiger partial charge in [-0.3, -0.25) is 9.98 Å². The molecule has 3 heterocycles. The normalized spacial score (nSPS) is 28.9. The number of aliphatic imine (C=N–C) groups is 2. The van der Waals surface area contributed by atoms with Gasteiger partial charge in [0.2, 0.25) is 0 Å². The topological polar surface area (TPSA) is 40.0 Å². The monoisotopic (exact) mass is 352 g/mol. The van der Waals surface area contributed by atoms with Crippen molar-refractivity contribution in [3.63, 3.8) is 0 Å². The van der Waals surface area contributed by atoms with Crippen LogP contribution in [0, 0.1) is 11.8 Å². The van der Waals surface area contributed by atoms with Gasteiger partial charge < -0.3 is 10.2 Å². The maximum atomic E-state index is 5.00. The molecule has 0 saturated heterocycles. The van der Waals surface area contributed by atoms with Gasteiger partial charge in [-0.1, -0.05) is 51.2 Å². The van der Waals surface area contributed by atoms with E-state index in [1.54, 1.807) is 11.8 Å². The minimum atomic E-state index is 0.102. The predicted molar refractivity (Wildman–Crippen MR) is 104 cm³/mol. The molecule has 0 spiro atoms. The number of rotatable bonds is 4. The second kappa shape index (κ2) is 6.36. The lowest BCUT2D eigenvalue weighted by atomic mass is 9.89. The first-order chi connectivity index (χ1) is 10.8. The van der Waals surface area contributed by atoms with Crippen molar-refractivity contribution in [3.05, 3.63) is 11.1 Å². The van der Waals surface area contributed by atoms with E-state index in [0.29, 0.717) is 23.9 Å². The van der Waals surface area contributed by atoms with Crippen molar-refractivity contribution < 1.29 is 0 Å². The van der Waals surface area contributed by atoms with Gasteiger partial charge >= 0.3 is 0 Å². The molecule has 0 aromatic rings. The summed E-state index contributed by atoms with van der Waals surface area (Å²) >= 11 is 3.60. The Bertz CT molecular complexity index is 563. The second-order valence-electron chi connectivity index (χ2n) is 7.90. The third-order valence-electron chi connectivity index (χ3n) is 4.51. The highest BCUT2D eigenvalue weighted by Crippen LogP contribution is 2.41. The Balaban J connectivity index is 1.67. The molecule has 0 fully saturated rings. The summed E-state index contributed by atoms with van der Waals surface area (Å²) in [6, 6.07) is 0.897. The first-order valence-corrected chi connectivity index (χ1v) is 10.3. The van der Waals surface area contributed by atoms with E-state index < -0.39 is 0 Å². The van der Waals surface area contributed by atoms with Gasteiger partial charge in [-0.05, 0) is 31.1 Å². The van der Waals surface area contributed by atoms with Crippen molar-refractivity contribution in [1.82, 2.24) is 10.2 Å². The first kappa shape index (κ1) is 17.2. The molecule has 0 amide bonds. The maximum Gasteiger partial charge on any atom is 0.168 e. The Morgan fingerprint density at radius 2 is 2.09 bits per heavy atom. The average molecular weight is 353 g/mol. The molecule has 2 atom stereocenters. The fourth-order valence-electron chi connectivity index (χ4n) is 3.33. The highest BCUT2D eigenvalue weighted by molar-refractivity contribution is 8.17. The largest absolute Gasteiger partial charge is 0.358 e. The zero-order valence-electron chi connectivity index (χ0n) is 15.0. The molecule has 0 saturated carbocycles. The molecule has 3 aliphatic heterocycles. The molecule has 128 valence electrons. The Labute approximate surface area is 148 Å². The van der Waals surface area contributed by atoms with Crippen LogP contribution in [0.2, 0.25) is 0 Å². The van der Waals surface area contributed by atoms with E-state index in [1.807, 2.05) is 11.8 Å². The van der Waals surface area contributed by atoms with E-state index in [0.717, 1.165) is 17.5 Å². The van der Waals surface area contributed by atoms with Crippen LogP contribution in [0.3, 0.4) is 0 Å². The molecule has 0 unspecified atom stereocenters. The van der Waals surface area contributed by atoms with Crippen LogP contribution in [-0.2, 0) is 0 Å². The van der Waals surface area contributed by atoms with E-state index in [2.05, 4.69) is 62.2 Å². The van der Waals surface area contributed by atoms with Crippen molar-refractivity contribution in [1.29, 1.82) is 0 Å². The number of fused-ring (bicyclic) bond motifs is 1. The summed E-state index contributed by atoms with van der Waals surface area (Å²) in [6.07, 6.45) is 0. The van der Waals surface area contributed by atoms with Gasteiger partial charge in [0, 0.05) is 11.4 Å². The number of thioether (sulfide) groups is 2. The number of nitrogens with one attached hydrogen (secondary N) is 1. The SMILES string of the molecule is CC(C)[C@@H]1[C@H](C(C)C)N=C2SC=C(CSC3=NCC(C)(C)N3)N21. The summed E-state index contributed by atoms with van der Waals surface area (Å²) in [5.74, 6) is 2.13. The molecular formula is C17H28N4S2. The van der Waals surface area contributed by atoms with Gasteiger partial charge in [0.15, 0.2) is 10.3 Å². The Kier molecular flexibility index (Phi) is 4.76. The molecule has 3 aliphatic rings. The molecule has 0 aromatic heterocycles. The van der Waals surface area contributed by atoms with Crippen LogP contribution in [0.1, 0.15) is 41.5 Å². The van der Waals surface area contributed by atoms with Crippen LogP contribution in [-0.4, -0.2) is 45.2 Å². The molecule has 1 N–H and O–H groups in total. The number of hydrogen-bond acceptors (Lipinski definition) is 6. The van der Waals surface area contributed by atoms with E-state index in [9.17, 15) is 0 Å². The zero-order chi connectivity index (χ0) is 16.8. The van der Waals surface area contributed by atoms with Crippen LogP contribution < -0.4 is 5.32 Å². The third-order valence-corrected chi connectivity index (χ3v) is 6.36. The minimum absolute atomic E-state index is 0.102. The Morgan fingerprint density at radius 1 is 1.35 bits per heavy atom. The minimum Gasteiger partial charge on any atom is -0.358 e. The molecule has 4 nitrogen and oxygen atoms in total. The van der Waals surface area contributed by atoms with Crippen molar-refractivity contribution in [3.8, 4) is 0 Å². The van der Waals surface area contributed by atoms with E-state index >= 15 is 0 Å². The van der Waals surface area contributed by atoms with E-state index in [1.165, 1.54) is 10.9 Å². The summed E-state index contributed by atoms with van der Waals surface area (Å²) in [6.45, 7) is 14.5. The van der Waals surface area contributed by atoms with Gasteiger partial charge in [-0.2, -0.15) is 0 Å². The van der Waals surface area contributed by atoms with Gasteiger partial charge in [0.25, 0.3) is 0 Å². The molecule has 0 bridgehead atoms. The summed E-state index contributed by atoms with van der Waals surface area (Å²) in [4.78, 5) is 12.1. The molecule has 23 heavy (non-hydrogen) atoms. The Hall–Kier alpha value is -0.620. The van der Waals surface area contributed by atoms with E-state index in [4.69, 9.17) is 4.99 Å². The Morgan fingerprint density at radius 3 is 2.65 bits per heavy atom. The van der Waals surface area contributed by atoms with Crippen LogP contribution in [0.15, 0.2) is 21.1 Å². The number of amidine groups is 2. The van der Waals surface area contributed by atoms with E-state index in [-0.39, 0.29) is 5.54 Å². The van der Waals surface area contributed by atoms with Crippen LogP contribution in [0.5, 0.6) is 0 Å². The van der Waals surface area contributed by atoms with Gasteiger partial charge in [0.1, 0.15) is 0 Å². The molecule has 0 aliphatic carbocycles. The standard InChI is InChI=1S/C17H28N4S2/c1-10(2)13-14(11(3)4)21-12(8-23-16(21)19-13)7-22-15-18-9-17(5,6)20-15/h8,10-11,13-14H,7,9H2,1-6H3,(H,18,20)/t13-,14+/m0/s1. The molecular weight excluding hydrogens is 324 g/mol. The zero-order valence-corrected chi connectivity index (χ0v) is 16.6. The first-order valence-electron chi connectivity index (χ1n) is 8.46. The summed E-state index contributed by atoms with van der Waals surface area (Å²) in [7, 11) is 0. The number of nitrogens with zero attached hydrogens (tertiary/aromatic N) is 3. The number of hydrogen-bond donors (Lipinski definition) is 1. The lowest BCUT2D eigenvalue weighted by Crippen LogP contribution is -2.43. The van der Waals surface area contributed by atoms with Crippen LogP contribution in [0.4, 0.5) is 0 Å². The lowest BCUT2D eigenvalue weighted by Gasteiger charge is -2.33. The van der Waals surface area contributed by atoms with Gasteiger partial charge in [-0.25, -0.2) is 0 Å². The highest BCUT2D eigenvalue weighted by Gasteiger charge is 2.43. The van der Waals surface area contributed by atoms with Crippen molar-refractivity contribution >= 4 is 33.9 Å². The molecule has 6 heteroatoms.